The Labute approximate surface area is 272 Å². The minimum absolute atomic E-state index is 0.0864. The maximum absolute atomic E-state index is 13.4. The van der Waals surface area contributed by atoms with Crippen molar-refractivity contribution in [2.24, 2.45) is 0 Å². The number of nitrogens with one attached hydrogen (secondary N) is 1. The van der Waals surface area contributed by atoms with Crippen LogP contribution in [0.15, 0.2) is 84.9 Å². The molecule has 3 aliphatic heterocycles. The molecule has 0 spiro atoms. The van der Waals surface area contributed by atoms with Gasteiger partial charge >= 0.3 is 6.03 Å². The van der Waals surface area contributed by atoms with Crippen LogP contribution in [0.1, 0.15) is 71.3 Å². The van der Waals surface area contributed by atoms with E-state index in [0.29, 0.717) is 31.2 Å². The molecule has 1 N–H and O–H groups in total. The highest BCUT2D eigenvalue weighted by atomic mass is 16.2. The van der Waals surface area contributed by atoms with Gasteiger partial charge in [0.2, 0.25) is 0 Å². The lowest BCUT2D eigenvalue weighted by atomic mass is 9.95. The summed E-state index contributed by atoms with van der Waals surface area (Å²) in [5, 5.41) is 3.10. The quantitative estimate of drug-likeness (QED) is 0.232. The highest BCUT2D eigenvalue weighted by molar-refractivity contribution is 6.01. The highest BCUT2D eigenvalue weighted by Crippen LogP contribution is 2.42. The van der Waals surface area contributed by atoms with Crippen LogP contribution in [0, 0.1) is 13.8 Å². The van der Waals surface area contributed by atoms with Crippen LogP contribution in [0.5, 0.6) is 0 Å². The molecule has 46 heavy (non-hydrogen) atoms. The van der Waals surface area contributed by atoms with Crippen LogP contribution in [0.25, 0.3) is 0 Å². The number of fused-ring (bicyclic) bond motifs is 3. The Morgan fingerprint density at radius 3 is 2.24 bits per heavy atom. The molecule has 3 atom stereocenters. The van der Waals surface area contributed by atoms with E-state index in [2.05, 4.69) is 21.7 Å². The topological polar surface area (TPSA) is 73.7 Å². The molecule has 3 aromatic carbocycles. The Morgan fingerprint density at radius 1 is 0.870 bits per heavy atom. The number of hydrogen-bond donors (Lipinski definition) is 1. The summed E-state index contributed by atoms with van der Waals surface area (Å²) in [6.07, 6.45) is 6.48. The Morgan fingerprint density at radius 2 is 1.54 bits per heavy atom. The molecule has 3 aliphatic rings. The minimum Gasteiger partial charge on any atom is -0.332 e. The first kappa shape index (κ1) is 30.2. The number of imidazole rings is 1. The Balaban J connectivity index is 0.986. The molecule has 2 fully saturated rings. The van der Waals surface area contributed by atoms with Crippen LogP contribution in [-0.4, -0.2) is 63.0 Å². The fourth-order valence-electron chi connectivity index (χ4n) is 7.98. The molecule has 2 bridgehead atoms. The van der Waals surface area contributed by atoms with E-state index >= 15 is 0 Å². The normalized spacial score (nSPS) is 20.7. The third-order valence-corrected chi connectivity index (χ3v) is 10.2. The van der Waals surface area contributed by atoms with Crippen molar-refractivity contribution in [1.82, 2.24) is 19.4 Å². The predicted molar refractivity (Wildman–Crippen MR) is 182 cm³/mol. The van der Waals surface area contributed by atoms with Crippen LogP contribution in [0.3, 0.4) is 0 Å². The monoisotopic (exact) mass is 616 g/mol. The molecule has 1 unspecified atom stereocenters. The second kappa shape index (κ2) is 13.1. The van der Waals surface area contributed by atoms with Gasteiger partial charge in [0, 0.05) is 66.8 Å². The molecule has 8 heteroatoms. The van der Waals surface area contributed by atoms with E-state index in [4.69, 9.17) is 4.98 Å². The predicted octanol–water partition coefficient (Wildman–Crippen LogP) is 7.00. The van der Waals surface area contributed by atoms with Gasteiger partial charge in [-0.15, -0.1) is 0 Å². The number of carbonyl (C=O) groups is 2. The van der Waals surface area contributed by atoms with Crippen molar-refractivity contribution in [1.29, 1.82) is 0 Å². The number of para-hydroxylation sites is 1. The molecule has 4 aromatic rings. The lowest BCUT2D eigenvalue weighted by Gasteiger charge is -2.41. The van der Waals surface area contributed by atoms with Crippen molar-refractivity contribution in [2.75, 3.05) is 29.9 Å². The third-order valence-electron chi connectivity index (χ3n) is 10.2. The summed E-state index contributed by atoms with van der Waals surface area (Å²) in [7, 11) is 0. The van der Waals surface area contributed by atoms with Crippen LogP contribution in [-0.2, 0) is 13.0 Å². The number of aryl methyl sites for hydroxylation is 2. The fourth-order valence-corrected chi connectivity index (χ4v) is 7.98. The van der Waals surface area contributed by atoms with Crippen molar-refractivity contribution >= 4 is 23.3 Å². The van der Waals surface area contributed by atoms with Crippen LogP contribution >= 0.6 is 0 Å². The van der Waals surface area contributed by atoms with Gasteiger partial charge in [-0.2, -0.15) is 0 Å². The number of carbonyl (C=O) groups excluding carboxylic acids is 2. The van der Waals surface area contributed by atoms with Gasteiger partial charge in [-0.1, -0.05) is 54.1 Å². The lowest BCUT2D eigenvalue weighted by molar-refractivity contribution is 0.0728. The summed E-state index contributed by atoms with van der Waals surface area (Å²) in [4.78, 5) is 38.1. The first-order valence-corrected chi connectivity index (χ1v) is 16.8. The fraction of sp³-hybridized carbons (Fsp3) is 0.395. The number of hydrogen-bond acceptors (Lipinski definition) is 4. The maximum Gasteiger partial charge on any atom is 0.326 e. The van der Waals surface area contributed by atoms with Gasteiger partial charge in [0.25, 0.3) is 5.91 Å². The number of piperidine rings is 1. The lowest BCUT2D eigenvalue weighted by Crippen LogP contribution is -2.45. The van der Waals surface area contributed by atoms with Crippen molar-refractivity contribution in [3.8, 4) is 0 Å². The number of urea groups is 1. The van der Waals surface area contributed by atoms with Crippen molar-refractivity contribution in [2.45, 2.75) is 77.0 Å². The van der Waals surface area contributed by atoms with Gasteiger partial charge in [0.15, 0.2) is 0 Å². The molecule has 4 heterocycles. The summed E-state index contributed by atoms with van der Waals surface area (Å²) in [6, 6.07) is 29.0. The smallest absolute Gasteiger partial charge is 0.326 e. The molecule has 1 aromatic heterocycles. The number of anilines is 2. The van der Waals surface area contributed by atoms with Gasteiger partial charge in [-0.25, -0.2) is 9.78 Å². The number of rotatable bonds is 8. The van der Waals surface area contributed by atoms with Gasteiger partial charge in [0.1, 0.15) is 5.82 Å². The Hall–Kier alpha value is -4.43. The third kappa shape index (κ3) is 6.18. The van der Waals surface area contributed by atoms with Gasteiger partial charge in [-0.3, -0.25) is 14.6 Å². The average molecular weight is 617 g/mol. The van der Waals surface area contributed by atoms with Crippen LogP contribution in [0.2, 0.25) is 0 Å². The molecular formula is C38H44N6O2. The van der Waals surface area contributed by atoms with Gasteiger partial charge < -0.3 is 14.8 Å². The van der Waals surface area contributed by atoms with Gasteiger partial charge in [-0.05, 0) is 82.3 Å². The van der Waals surface area contributed by atoms with Crippen LogP contribution in [0.4, 0.5) is 16.2 Å². The molecule has 238 valence electrons. The Kier molecular flexibility index (Phi) is 8.63. The molecule has 0 radical (unpaired) electrons. The van der Waals surface area contributed by atoms with E-state index in [1.165, 1.54) is 24.1 Å². The second-order valence-corrected chi connectivity index (χ2v) is 13.2. The summed E-state index contributed by atoms with van der Waals surface area (Å²) in [6.45, 7) is 7.14. The summed E-state index contributed by atoms with van der Waals surface area (Å²) in [5.41, 5.74) is 6.02. The van der Waals surface area contributed by atoms with E-state index in [-0.39, 0.29) is 11.9 Å². The number of aromatic nitrogens is 2. The number of nitrogens with zero attached hydrogens (tertiary/aromatic N) is 5. The van der Waals surface area contributed by atoms with E-state index in [1.54, 1.807) is 0 Å². The molecule has 0 saturated carbocycles. The molecule has 8 nitrogen and oxygen atoms in total. The van der Waals surface area contributed by atoms with Crippen molar-refractivity contribution in [3.63, 3.8) is 0 Å². The van der Waals surface area contributed by atoms with E-state index in [9.17, 15) is 9.59 Å². The SMILES string of the molecule is Cc1ccc(NC(=O)N(CCCN2[C@@H]3CC[C@H]2CC(n2c(C)nc4c2CCN(C(=O)c2ccccc2)C4)C3)c2ccccc2)cc1. The largest absolute Gasteiger partial charge is 0.332 e. The van der Waals surface area contributed by atoms with E-state index in [0.717, 1.165) is 67.2 Å². The molecule has 3 amide bonds. The summed E-state index contributed by atoms with van der Waals surface area (Å²) < 4.78 is 2.52. The highest BCUT2D eigenvalue weighted by Gasteiger charge is 2.42. The van der Waals surface area contributed by atoms with Gasteiger partial charge in [0.05, 0.1) is 12.2 Å². The zero-order chi connectivity index (χ0) is 31.6. The number of benzene rings is 3. The first-order valence-electron chi connectivity index (χ1n) is 16.8. The summed E-state index contributed by atoms with van der Waals surface area (Å²) in [5.74, 6) is 1.17. The number of amides is 3. The average Bonchev–Trinajstić information content (AvgIpc) is 3.53. The molecule has 2 saturated heterocycles. The Bertz CT molecular complexity index is 1650. The summed E-state index contributed by atoms with van der Waals surface area (Å²) >= 11 is 0. The zero-order valence-electron chi connectivity index (χ0n) is 26.9. The zero-order valence-corrected chi connectivity index (χ0v) is 26.9. The molecular weight excluding hydrogens is 572 g/mol. The van der Waals surface area contributed by atoms with Crippen LogP contribution < -0.4 is 10.2 Å². The standard InChI is InChI=1S/C38H44N6O2/c1-27-14-16-30(17-15-27)40-38(46)43(31-12-7-4-8-13-31)22-9-21-42-32-18-19-33(42)25-34(24-32)44-28(2)39-35-26-41(23-20-36(35)44)37(45)29-10-5-3-6-11-29/h3-8,10-17,32-34H,9,18-26H2,1-2H3,(H,40,46)/t32-,33+,34?. The molecule has 7 rings (SSSR count). The minimum atomic E-state index is -0.0962. The first-order chi connectivity index (χ1) is 22.4. The molecule has 0 aliphatic carbocycles. The van der Waals surface area contributed by atoms with E-state index < -0.39 is 0 Å². The van der Waals surface area contributed by atoms with E-state index in [1.807, 2.05) is 102 Å². The van der Waals surface area contributed by atoms with Crippen molar-refractivity contribution in [3.05, 3.63) is 113 Å². The second-order valence-electron chi connectivity index (χ2n) is 13.2. The van der Waals surface area contributed by atoms with Crippen molar-refractivity contribution < 1.29 is 9.59 Å². The maximum atomic E-state index is 13.4.